The maximum atomic E-state index is 12.0. The molecule has 2 heterocycles. The Morgan fingerprint density at radius 1 is 1.23 bits per heavy atom. The number of fused-ring (bicyclic) bond motifs is 1. The minimum absolute atomic E-state index is 0.0685. The largest absolute Gasteiger partial charge is 0.475 e. The number of pyridine rings is 1. The van der Waals surface area contributed by atoms with Crippen LogP contribution < -0.4 is 10.3 Å². The predicted octanol–water partition coefficient (Wildman–Crippen LogP) is 2.18. The molecule has 0 saturated carbocycles. The van der Waals surface area contributed by atoms with Crippen LogP contribution in [0.15, 0.2) is 35.3 Å². The van der Waals surface area contributed by atoms with Gasteiger partial charge < -0.3 is 4.74 Å². The van der Waals surface area contributed by atoms with Crippen molar-refractivity contribution in [2.45, 2.75) is 20.0 Å². The maximum Gasteiger partial charge on any atom is 0.275 e. The number of aromatic amines is 2. The van der Waals surface area contributed by atoms with Gasteiger partial charge >= 0.3 is 0 Å². The predicted molar refractivity (Wildman–Crippen MR) is 82.8 cm³/mol. The molecule has 1 aliphatic rings. The van der Waals surface area contributed by atoms with Crippen molar-refractivity contribution in [1.82, 2.24) is 15.2 Å². The second kappa shape index (κ2) is 5.48. The molecule has 6 nitrogen and oxygen atoms in total. The number of carbonyl (C=O) groups excluding carboxylic acids is 1. The lowest BCUT2D eigenvalue weighted by Crippen LogP contribution is -2.10. The van der Waals surface area contributed by atoms with Crippen molar-refractivity contribution in [3.8, 4) is 5.88 Å². The van der Waals surface area contributed by atoms with Crippen molar-refractivity contribution < 1.29 is 9.53 Å². The first-order valence-electron chi connectivity index (χ1n) is 6.93. The fourth-order valence-corrected chi connectivity index (χ4v) is 2.26. The van der Waals surface area contributed by atoms with Crippen LogP contribution in [0, 0.1) is 0 Å². The molecule has 0 aliphatic heterocycles. The van der Waals surface area contributed by atoms with E-state index in [2.05, 4.69) is 15.2 Å². The number of ether oxygens (including phenoxy) is 1. The normalized spacial score (nSPS) is 15.4. The van der Waals surface area contributed by atoms with Gasteiger partial charge in [0.1, 0.15) is 11.3 Å². The Balaban J connectivity index is 2.11. The summed E-state index contributed by atoms with van der Waals surface area (Å²) < 4.78 is 5.58. The van der Waals surface area contributed by atoms with Gasteiger partial charge in [-0.1, -0.05) is 12.1 Å². The smallest absolute Gasteiger partial charge is 0.275 e. The van der Waals surface area contributed by atoms with E-state index in [0.29, 0.717) is 22.7 Å². The molecule has 0 fully saturated rings. The lowest BCUT2D eigenvalue weighted by atomic mass is 9.95. The zero-order chi connectivity index (χ0) is 15.7. The van der Waals surface area contributed by atoms with E-state index < -0.39 is 0 Å². The van der Waals surface area contributed by atoms with Crippen LogP contribution in [-0.2, 0) is 0 Å². The number of hydrogen-bond donors (Lipinski definition) is 2. The first-order chi connectivity index (χ1) is 10.6. The standard InChI is InChI=1S/C16H15N3O3/c1-9(2)22-16-12(15(21)18-19-16)8-10-5-6-13(20)14-11(10)4-3-7-17-14/h3-9H,1-2H3,(H2,18,19,21). The maximum absolute atomic E-state index is 12.0. The quantitative estimate of drug-likeness (QED) is 0.909. The van der Waals surface area contributed by atoms with E-state index in [-0.39, 0.29) is 17.4 Å². The summed E-state index contributed by atoms with van der Waals surface area (Å²) in [5, 5.41) is 5.22. The third kappa shape index (κ3) is 2.50. The molecule has 0 atom stereocenters. The van der Waals surface area contributed by atoms with Gasteiger partial charge in [0.15, 0.2) is 0 Å². The molecule has 0 aromatic carbocycles. The van der Waals surface area contributed by atoms with Crippen molar-refractivity contribution in [2.24, 2.45) is 0 Å². The molecule has 0 bridgehead atoms. The molecule has 2 aromatic heterocycles. The van der Waals surface area contributed by atoms with Crippen molar-refractivity contribution in [2.75, 3.05) is 0 Å². The summed E-state index contributed by atoms with van der Waals surface area (Å²) >= 11 is 0. The number of nitrogens with zero attached hydrogens (tertiary/aromatic N) is 1. The molecular formula is C16H15N3O3. The third-order valence-electron chi connectivity index (χ3n) is 3.20. The Labute approximate surface area is 126 Å². The van der Waals surface area contributed by atoms with Gasteiger partial charge in [-0.05, 0) is 37.6 Å². The molecular weight excluding hydrogens is 282 g/mol. The van der Waals surface area contributed by atoms with E-state index in [1.54, 1.807) is 30.5 Å². The molecule has 112 valence electrons. The fourth-order valence-electron chi connectivity index (χ4n) is 2.26. The van der Waals surface area contributed by atoms with Gasteiger partial charge in [-0.2, -0.15) is 0 Å². The molecule has 2 aromatic rings. The highest BCUT2D eigenvalue weighted by atomic mass is 16.5. The minimum Gasteiger partial charge on any atom is -0.475 e. The average molecular weight is 297 g/mol. The molecule has 6 heteroatoms. The van der Waals surface area contributed by atoms with E-state index >= 15 is 0 Å². The first kappa shape index (κ1) is 14.1. The van der Waals surface area contributed by atoms with E-state index in [1.165, 1.54) is 6.08 Å². The van der Waals surface area contributed by atoms with Gasteiger partial charge in [0, 0.05) is 11.8 Å². The first-order valence-corrected chi connectivity index (χ1v) is 6.93. The molecule has 0 radical (unpaired) electrons. The molecule has 0 spiro atoms. The van der Waals surface area contributed by atoms with E-state index in [4.69, 9.17) is 4.74 Å². The van der Waals surface area contributed by atoms with Crippen LogP contribution in [0.4, 0.5) is 0 Å². The summed E-state index contributed by atoms with van der Waals surface area (Å²) in [5.74, 6) is 0.234. The van der Waals surface area contributed by atoms with Crippen molar-refractivity contribution in [3.05, 3.63) is 57.7 Å². The number of aromatic nitrogens is 3. The minimum atomic E-state index is -0.279. The van der Waals surface area contributed by atoms with Crippen LogP contribution in [0.1, 0.15) is 35.5 Å². The van der Waals surface area contributed by atoms with Gasteiger partial charge in [0.05, 0.1) is 6.10 Å². The molecule has 0 unspecified atom stereocenters. The number of H-pyrrole nitrogens is 2. The Bertz CT molecular complexity index is 840. The van der Waals surface area contributed by atoms with E-state index in [9.17, 15) is 9.59 Å². The average Bonchev–Trinajstić information content (AvgIpc) is 2.82. The summed E-state index contributed by atoms with van der Waals surface area (Å²) in [6, 6.07) is 3.56. The zero-order valence-electron chi connectivity index (χ0n) is 12.2. The molecule has 22 heavy (non-hydrogen) atoms. The summed E-state index contributed by atoms with van der Waals surface area (Å²) in [6.07, 6.45) is 6.32. The second-order valence-corrected chi connectivity index (χ2v) is 5.19. The summed E-state index contributed by atoms with van der Waals surface area (Å²) in [4.78, 5) is 27.9. The Kier molecular flexibility index (Phi) is 3.50. The molecule has 0 saturated heterocycles. The van der Waals surface area contributed by atoms with E-state index in [1.807, 2.05) is 13.8 Å². The summed E-state index contributed by atoms with van der Waals surface area (Å²) in [5.41, 5.74) is 1.93. The topological polar surface area (TPSA) is 87.8 Å². The van der Waals surface area contributed by atoms with Crippen LogP contribution in [-0.4, -0.2) is 27.1 Å². The Morgan fingerprint density at radius 2 is 2.05 bits per heavy atom. The number of nitrogens with one attached hydrogen (secondary N) is 2. The van der Waals surface area contributed by atoms with Crippen molar-refractivity contribution in [3.63, 3.8) is 0 Å². The summed E-state index contributed by atoms with van der Waals surface area (Å²) in [7, 11) is 0. The Hall–Kier alpha value is -2.89. The van der Waals surface area contributed by atoms with Crippen LogP contribution in [0.5, 0.6) is 5.88 Å². The molecule has 1 aliphatic carbocycles. The van der Waals surface area contributed by atoms with Crippen LogP contribution in [0.3, 0.4) is 0 Å². The lowest BCUT2D eigenvalue weighted by Gasteiger charge is -2.12. The van der Waals surface area contributed by atoms with Gasteiger partial charge in [-0.15, -0.1) is 0 Å². The number of allylic oxidation sites excluding steroid dienone is 3. The highest BCUT2D eigenvalue weighted by Gasteiger charge is 2.19. The molecule has 3 rings (SSSR count). The highest BCUT2D eigenvalue weighted by Crippen LogP contribution is 2.27. The third-order valence-corrected chi connectivity index (χ3v) is 3.20. The molecule has 0 amide bonds. The highest BCUT2D eigenvalue weighted by molar-refractivity contribution is 6.12. The van der Waals surface area contributed by atoms with Crippen LogP contribution >= 0.6 is 0 Å². The number of carbonyl (C=O) groups is 1. The summed E-state index contributed by atoms with van der Waals surface area (Å²) in [6.45, 7) is 3.75. The molecule has 2 N–H and O–H groups in total. The van der Waals surface area contributed by atoms with Gasteiger partial charge in [-0.25, -0.2) is 0 Å². The lowest BCUT2D eigenvalue weighted by molar-refractivity contribution is 0.104. The van der Waals surface area contributed by atoms with Crippen molar-refractivity contribution in [1.29, 1.82) is 0 Å². The van der Waals surface area contributed by atoms with E-state index in [0.717, 1.165) is 5.57 Å². The van der Waals surface area contributed by atoms with Gasteiger partial charge in [0.2, 0.25) is 11.7 Å². The number of hydrogen-bond acceptors (Lipinski definition) is 4. The number of rotatable bonds is 3. The van der Waals surface area contributed by atoms with Crippen molar-refractivity contribution >= 4 is 17.4 Å². The number of ketones is 1. The van der Waals surface area contributed by atoms with Crippen LogP contribution in [0.25, 0.3) is 11.6 Å². The van der Waals surface area contributed by atoms with Gasteiger partial charge in [-0.3, -0.25) is 24.8 Å². The second-order valence-electron chi connectivity index (χ2n) is 5.19. The fraction of sp³-hybridized carbons (Fsp3) is 0.188. The zero-order valence-corrected chi connectivity index (χ0v) is 12.2. The SMILES string of the molecule is CC(C)Oc1[nH][nH]c(=O)c1C=C1C=CC(=O)c2ncccc21. The monoisotopic (exact) mass is 297 g/mol. The Morgan fingerprint density at radius 3 is 2.82 bits per heavy atom. The van der Waals surface area contributed by atoms with Gasteiger partial charge in [0.25, 0.3) is 5.56 Å². The van der Waals surface area contributed by atoms with Crippen LogP contribution in [0.2, 0.25) is 0 Å².